The Morgan fingerprint density at radius 3 is 2.59 bits per heavy atom. The average molecular weight is 510 g/mol. The van der Waals surface area contributed by atoms with Crippen LogP contribution in [0.25, 0.3) is 5.69 Å². The first kappa shape index (κ1) is 25.7. The smallest absolute Gasteiger partial charge is 0.354 e. The van der Waals surface area contributed by atoms with Crippen molar-refractivity contribution in [1.82, 2.24) is 19.4 Å². The van der Waals surface area contributed by atoms with E-state index in [1.807, 2.05) is 23.1 Å². The number of nitrogens with two attached hydrogens (primary N) is 2. The fraction of sp³-hybridized carbons (Fsp3) is 0.593. The van der Waals surface area contributed by atoms with Crippen molar-refractivity contribution in [3.63, 3.8) is 0 Å². The van der Waals surface area contributed by atoms with E-state index in [4.69, 9.17) is 16.2 Å². The Morgan fingerprint density at radius 1 is 1.08 bits per heavy atom. The van der Waals surface area contributed by atoms with Gasteiger partial charge in [-0.1, -0.05) is 6.07 Å². The normalized spacial score (nSPS) is 23.2. The molecule has 1 aromatic heterocycles. The molecule has 1 aromatic carbocycles. The van der Waals surface area contributed by atoms with Gasteiger partial charge in [0, 0.05) is 57.1 Å². The Kier molecular flexibility index (Phi) is 7.24. The highest BCUT2D eigenvalue weighted by atomic mass is 16.5. The minimum atomic E-state index is -0.887. The molecule has 10 nitrogen and oxygen atoms in total. The highest BCUT2D eigenvalue weighted by molar-refractivity contribution is 5.85. The number of carbonyl (C=O) groups excluding carboxylic acids is 1. The number of anilines is 1. The highest BCUT2D eigenvalue weighted by Crippen LogP contribution is 2.30. The maximum Gasteiger partial charge on any atom is 0.354 e. The molecule has 2 fully saturated rings. The van der Waals surface area contributed by atoms with E-state index in [1.165, 1.54) is 5.56 Å². The van der Waals surface area contributed by atoms with Crippen LogP contribution in [0.4, 0.5) is 5.82 Å². The number of benzene rings is 1. The summed E-state index contributed by atoms with van der Waals surface area (Å²) in [4.78, 5) is 36.1. The Bertz CT molecular complexity index is 1180. The zero-order valence-electron chi connectivity index (χ0n) is 21.9. The Morgan fingerprint density at radius 2 is 1.86 bits per heavy atom. The molecule has 0 saturated carbocycles. The number of rotatable bonds is 4. The third-order valence-corrected chi connectivity index (χ3v) is 7.77. The lowest BCUT2D eigenvalue weighted by Crippen LogP contribution is -2.57. The number of hydrogen-bond acceptors (Lipinski definition) is 8. The number of aromatic nitrogens is 2. The SMILES string of the molecule is CC(C)(N)C(=O)N1CCN(c2ccn(-c3ccc4c(c3)OCC(N3CCCC(N)CC3)C4)c(=O)n2)CC1. The van der Waals surface area contributed by atoms with Gasteiger partial charge in [-0.3, -0.25) is 14.3 Å². The Labute approximate surface area is 218 Å². The van der Waals surface area contributed by atoms with E-state index in [1.54, 1.807) is 29.5 Å². The van der Waals surface area contributed by atoms with Crippen molar-refractivity contribution in [2.75, 3.05) is 50.8 Å². The summed E-state index contributed by atoms with van der Waals surface area (Å²) in [7, 11) is 0. The number of piperazine rings is 1. The second-order valence-electron chi connectivity index (χ2n) is 11.1. The molecule has 0 bridgehead atoms. The maximum atomic E-state index is 13.0. The molecule has 10 heteroatoms. The van der Waals surface area contributed by atoms with Crippen molar-refractivity contribution in [3.8, 4) is 11.4 Å². The number of nitrogens with zero attached hydrogens (tertiary/aromatic N) is 5. The minimum absolute atomic E-state index is 0.0629. The third kappa shape index (κ3) is 5.66. The van der Waals surface area contributed by atoms with Crippen LogP contribution in [-0.2, 0) is 11.2 Å². The molecule has 3 aliphatic rings. The lowest BCUT2D eigenvalue weighted by molar-refractivity contribution is -0.136. The van der Waals surface area contributed by atoms with Crippen molar-refractivity contribution in [2.24, 2.45) is 11.5 Å². The number of hydrogen-bond donors (Lipinski definition) is 2. The first-order valence-corrected chi connectivity index (χ1v) is 13.4. The predicted molar refractivity (Wildman–Crippen MR) is 143 cm³/mol. The van der Waals surface area contributed by atoms with Crippen molar-refractivity contribution < 1.29 is 9.53 Å². The summed E-state index contributed by atoms with van der Waals surface area (Å²) in [6, 6.07) is 8.48. The number of fused-ring (bicyclic) bond motifs is 1. The van der Waals surface area contributed by atoms with E-state index < -0.39 is 5.54 Å². The van der Waals surface area contributed by atoms with Gasteiger partial charge in [-0.15, -0.1) is 0 Å². The van der Waals surface area contributed by atoms with E-state index in [0.29, 0.717) is 50.7 Å². The average Bonchev–Trinajstić information content (AvgIpc) is 3.11. The number of ether oxygens (including phenoxy) is 1. The quantitative estimate of drug-likeness (QED) is 0.619. The van der Waals surface area contributed by atoms with Crippen LogP contribution in [0.1, 0.15) is 38.7 Å². The summed E-state index contributed by atoms with van der Waals surface area (Å²) in [5, 5.41) is 0. The van der Waals surface area contributed by atoms with Gasteiger partial charge in [-0.2, -0.15) is 4.98 Å². The van der Waals surface area contributed by atoms with Crippen LogP contribution in [0, 0.1) is 0 Å². The second kappa shape index (κ2) is 10.4. The monoisotopic (exact) mass is 509 g/mol. The molecule has 2 unspecified atom stereocenters. The summed E-state index contributed by atoms with van der Waals surface area (Å²) in [6.45, 7) is 8.50. The fourth-order valence-corrected chi connectivity index (χ4v) is 5.55. The summed E-state index contributed by atoms with van der Waals surface area (Å²) in [5.74, 6) is 1.39. The van der Waals surface area contributed by atoms with Gasteiger partial charge in [-0.25, -0.2) is 4.79 Å². The van der Waals surface area contributed by atoms with Crippen molar-refractivity contribution in [2.45, 2.75) is 57.2 Å². The van der Waals surface area contributed by atoms with Crippen molar-refractivity contribution in [3.05, 3.63) is 46.5 Å². The largest absolute Gasteiger partial charge is 0.492 e. The molecule has 1 amide bonds. The van der Waals surface area contributed by atoms with Gasteiger partial charge in [0.15, 0.2) is 0 Å². The van der Waals surface area contributed by atoms with Gasteiger partial charge in [0.2, 0.25) is 5.91 Å². The lowest BCUT2D eigenvalue weighted by atomic mass is 10.0. The number of amides is 1. The van der Waals surface area contributed by atoms with E-state index in [-0.39, 0.29) is 11.6 Å². The Balaban J connectivity index is 1.24. The van der Waals surface area contributed by atoms with Crippen molar-refractivity contribution >= 4 is 11.7 Å². The van der Waals surface area contributed by atoms with Gasteiger partial charge < -0.3 is 26.0 Å². The molecule has 2 atom stereocenters. The Hall–Kier alpha value is -2.95. The lowest BCUT2D eigenvalue weighted by Gasteiger charge is -2.38. The second-order valence-corrected chi connectivity index (χ2v) is 11.1. The molecule has 0 radical (unpaired) electrons. The van der Waals surface area contributed by atoms with Crippen LogP contribution in [-0.4, -0.2) is 88.8 Å². The summed E-state index contributed by atoms with van der Waals surface area (Å²) >= 11 is 0. The zero-order chi connectivity index (χ0) is 26.2. The van der Waals surface area contributed by atoms with Crippen LogP contribution in [0.2, 0.25) is 0 Å². The molecule has 2 saturated heterocycles. The maximum absolute atomic E-state index is 13.0. The molecular weight excluding hydrogens is 470 g/mol. The molecule has 200 valence electrons. The molecule has 3 aliphatic heterocycles. The van der Waals surface area contributed by atoms with Crippen LogP contribution >= 0.6 is 0 Å². The molecule has 0 aliphatic carbocycles. The number of carbonyl (C=O) groups is 1. The fourth-order valence-electron chi connectivity index (χ4n) is 5.55. The van der Waals surface area contributed by atoms with Crippen LogP contribution in [0.3, 0.4) is 0 Å². The van der Waals surface area contributed by atoms with Gasteiger partial charge in [0.1, 0.15) is 18.2 Å². The molecule has 0 spiro atoms. The van der Waals surface area contributed by atoms with Gasteiger partial charge in [-0.05, 0) is 63.8 Å². The van der Waals surface area contributed by atoms with E-state index in [2.05, 4.69) is 16.0 Å². The summed E-state index contributed by atoms with van der Waals surface area (Å²) < 4.78 is 7.72. The zero-order valence-corrected chi connectivity index (χ0v) is 21.9. The molecule has 4 N–H and O–H groups in total. The molecule has 2 aromatic rings. The van der Waals surface area contributed by atoms with Crippen LogP contribution in [0.15, 0.2) is 35.3 Å². The van der Waals surface area contributed by atoms with Crippen LogP contribution in [0.5, 0.6) is 5.75 Å². The minimum Gasteiger partial charge on any atom is -0.492 e. The van der Waals surface area contributed by atoms with Crippen LogP contribution < -0.4 is 26.8 Å². The van der Waals surface area contributed by atoms with E-state index in [0.717, 1.165) is 50.2 Å². The highest BCUT2D eigenvalue weighted by Gasteiger charge is 2.31. The van der Waals surface area contributed by atoms with Gasteiger partial charge in [0.25, 0.3) is 0 Å². The third-order valence-electron chi connectivity index (χ3n) is 7.77. The molecule has 5 rings (SSSR count). The summed E-state index contributed by atoms with van der Waals surface area (Å²) in [6.07, 6.45) is 5.96. The van der Waals surface area contributed by atoms with E-state index in [9.17, 15) is 9.59 Å². The van der Waals surface area contributed by atoms with Gasteiger partial charge >= 0.3 is 5.69 Å². The standard InChI is InChI=1S/C27H39N7O3/c1-27(2,29)25(35)33-14-12-32(13-15-33)24-8-11-34(26(36)30-24)21-6-5-19-16-22(18-37-23(19)17-21)31-9-3-4-20(28)7-10-31/h5-6,8,11,17,20,22H,3-4,7,9-10,12-16,18,28-29H2,1-2H3. The first-order valence-electron chi connectivity index (χ1n) is 13.4. The van der Waals surface area contributed by atoms with E-state index >= 15 is 0 Å². The topological polar surface area (TPSA) is 123 Å². The summed E-state index contributed by atoms with van der Waals surface area (Å²) in [5.41, 5.74) is 12.8. The predicted octanol–water partition coefficient (Wildman–Crippen LogP) is 0.735. The molecule has 4 heterocycles. The number of likely N-dealkylation sites (tertiary alicyclic amines) is 1. The molecular formula is C27H39N7O3. The van der Waals surface area contributed by atoms with Crippen molar-refractivity contribution in [1.29, 1.82) is 0 Å². The first-order chi connectivity index (χ1) is 17.7. The molecule has 37 heavy (non-hydrogen) atoms. The van der Waals surface area contributed by atoms with Gasteiger partial charge in [0.05, 0.1) is 11.2 Å².